The summed E-state index contributed by atoms with van der Waals surface area (Å²) in [5.74, 6) is -2.03. The number of carbonyl (C=O) groups excluding carboxylic acids is 1. The van der Waals surface area contributed by atoms with Crippen molar-refractivity contribution in [1.82, 2.24) is 4.98 Å². The zero-order valence-electron chi connectivity index (χ0n) is 16.1. The first-order valence-electron chi connectivity index (χ1n) is 9.08. The van der Waals surface area contributed by atoms with Crippen LogP contribution in [0.25, 0.3) is 10.2 Å². The lowest BCUT2D eigenvalue weighted by molar-refractivity contribution is -0.0458. The van der Waals surface area contributed by atoms with E-state index in [2.05, 4.69) is 4.98 Å². The van der Waals surface area contributed by atoms with Crippen LogP contribution in [0.5, 0.6) is 5.75 Å². The van der Waals surface area contributed by atoms with Crippen molar-refractivity contribution in [1.29, 1.82) is 5.41 Å². The molecule has 0 bridgehead atoms. The first-order valence-corrected chi connectivity index (χ1v) is 9.90. The standard InChI is InChI=1S/C20H21FN4O4S/c1-25(8-2-3-17(26)27)20-24-14-6-4-12(10-16(14)30-20)19(28)29-15-7-5-11(18(22)23)9-13(15)21/h4-7,9-10,17,26-27H,2-3,8H2,1H3,(H3,22,23). The van der Waals surface area contributed by atoms with Gasteiger partial charge in [-0.05, 0) is 49.2 Å². The van der Waals surface area contributed by atoms with E-state index in [0.29, 0.717) is 18.5 Å². The number of halogens is 1. The number of benzene rings is 2. The minimum atomic E-state index is -1.33. The van der Waals surface area contributed by atoms with E-state index in [1.165, 1.54) is 23.5 Å². The zero-order chi connectivity index (χ0) is 21.8. The maximum atomic E-state index is 14.1. The van der Waals surface area contributed by atoms with Crippen LogP contribution in [0.15, 0.2) is 36.4 Å². The number of nitrogens with one attached hydrogen (secondary N) is 1. The second-order valence-electron chi connectivity index (χ2n) is 6.67. The van der Waals surface area contributed by atoms with Gasteiger partial charge in [0.25, 0.3) is 0 Å². The Morgan fingerprint density at radius 2 is 2.03 bits per heavy atom. The van der Waals surface area contributed by atoms with Crippen LogP contribution in [0.1, 0.15) is 28.8 Å². The Kier molecular flexibility index (Phi) is 6.60. The van der Waals surface area contributed by atoms with Gasteiger partial charge in [0.05, 0.1) is 15.8 Å². The Labute approximate surface area is 175 Å². The molecule has 0 aliphatic heterocycles. The van der Waals surface area contributed by atoms with Crippen molar-refractivity contribution in [3.05, 3.63) is 53.3 Å². The molecule has 30 heavy (non-hydrogen) atoms. The van der Waals surface area contributed by atoms with E-state index in [1.54, 1.807) is 18.2 Å². The Hall–Kier alpha value is -3.08. The maximum Gasteiger partial charge on any atom is 0.343 e. The number of aromatic nitrogens is 1. The minimum absolute atomic E-state index is 0.198. The average Bonchev–Trinajstić information content (AvgIpc) is 3.12. The van der Waals surface area contributed by atoms with Gasteiger partial charge in [0.15, 0.2) is 23.0 Å². The highest BCUT2D eigenvalue weighted by atomic mass is 32.1. The summed E-state index contributed by atoms with van der Waals surface area (Å²) in [6, 6.07) is 8.57. The molecule has 8 nitrogen and oxygen atoms in total. The number of ether oxygens (including phenoxy) is 1. The van der Waals surface area contributed by atoms with Crippen LogP contribution in [0, 0.1) is 11.2 Å². The van der Waals surface area contributed by atoms with Crippen molar-refractivity contribution in [2.75, 3.05) is 18.5 Å². The molecule has 0 amide bonds. The van der Waals surface area contributed by atoms with Gasteiger partial charge in [-0.3, -0.25) is 5.41 Å². The lowest BCUT2D eigenvalue weighted by atomic mass is 10.2. The number of esters is 1. The van der Waals surface area contributed by atoms with E-state index in [0.717, 1.165) is 15.9 Å². The highest BCUT2D eigenvalue weighted by Gasteiger charge is 2.16. The molecule has 0 unspecified atom stereocenters. The molecule has 0 atom stereocenters. The quantitative estimate of drug-likeness (QED) is 0.141. The Balaban J connectivity index is 1.73. The fourth-order valence-corrected chi connectivity index (χ4v) is 3.71. The van der Waals surface area contributed by atoms with Gasteiger partial charge in [-0.2, -0.15) is 0 Å². The summed E-state index contributed by atoms with van der Waals surface area (Å²) >= 11 is 1.38. The summed E-state index contributed by atoms with van der Waals surface area (Å²) in [6.45, 7) is 0.599. The zero-order valence-corrected chi connectivity index (χ0v) is 16.9. The fourth-order valence-electron chi connectivity index (χ4n) is 2.72. The average molecular weight is 432 g/mol. The summed E-state index contributed by atoms with van der Waals surface area (Å²) in [5.41, 5.74) is 6.47. The number of anilines is 1. The first kappa shape index (κ1) is 21.6. The van der Waals surface area contributed by atoms with E-state index in [-0.39, 0.29) is 29.1 Å². The summed E-state index contributed by atoms with van der Waals surface area (Å²) in [6.07, 6.45) is -0.462. The van der Waals surface area contributed by atoms with Crippen LogP contribution >= 0.6 is 11.3 Å². The molecule has 10 heteroatoms. The molecule has 3 aromatic rings. The van der Waals surface area contributed by atoms with Crippen LogP contribution in [-0.4, -0.2) is 46.9 Å². The molecule has 0 aliphatic rings. The van der Waals surface area contributed by atoms with Crippen LogP contribution in [0.3, 0.4) is 0 Å². The summed E-state index contributed by atoms with van der Waals surface area (Å²) in [4.78, 5) is 18.9. The van der Waals surface area contributed by atoms with Crippen molar-refractivity contribution in [2.45, 2.75) is 19.1 Å². The van der Waals surface area contributed by atoms with Crippen LogP contribution < -0.4 is 15.4 Å². The number of carbonyl (C=O) groups is 1. The first-order chi connectivity index (χ1) is 14.2. The molecule has 2 aromatic carbocycles. The molecule has 1 aromatic heterocycles. The monoisotopic (exact) mass is 432 g/mol. The second kappa shape index (κ2) is 9.16. The minimum Gasteiger partial charge on any atom is -0.420 e. The van der Waals surface area contributed by atoms with Gasteiger partial charge in [0.1, 0.15) is 5.84 Å². The number of aliphatic hydroxyl groups excluding tert-OH is 1. The van der Waals surface area contributed by atoms with Crippen LogP contribution in [0.2, 0.25) is 0 Å². The molecule has 5 N–H and O–H groups in total. The summed E-state index contributed by atoms with van der Waals surface area (Å²) < 4.78 is 20.0. The Morgan fingerprint density at radius 3 is 2.70 bits per heavy atom. The van der Waals surface area contributed by atoms with Crippen LogP contribution in [-0.2, 0) is 0 Å². The predicted octanol–water partition coefficient (Wildman–Crippen LogP) is 2.47. The number of rotatable bonds is 8. The number of hydrogen-bond acceptors (Lipinski definition) is 8. The number of nitrogens with zero attached hydrogens (tertiary/aromatic N) is 2. The van der Waals surface area contributed by atoms with E-state index in [9.17, 15) is 9.18 Å². The third kappa shape index (κ3) is 5.09. The number of thiazole rings is 1. The van der Waals surface area contributed by atoms with Crippen molar-refractivity contribution in [3.8, 4) is 5.75 Å². The molecule has 0 fully saturated rings. The highest BCUT2D eigenvalue weighted by Crippen LogP contribution is 2.29. The van der Waals surface area contributed by atoms with Gasteiger partial charge in [-0.1, -0.05) is 11.3 Å². The summed E-state index contributed by atoms with van der Waals surface area (Å²) in [7, 11) is 1.85. The Morgan fingerprint density at radius 1 is 1.30 bits per heavy atom. The Bertz CT molecular complexity index is 1090. The third-order valence-corrected chi connectivity index (χ3v) is 5.47. The topological polar surface area (TPSA) is 133 Å². The van der Waals surface area contributed by atoms with Crippen molar-refractivity contribution >= 4 is 38.5 Å². The maximum absolute atomic E-state index is 14.1. The van der Waals surface area contributed by atoms with Gasteiger partial charge >= 0.3 is 5.97 Å². The largest absolute Gasteiger partial charge is 0.420 e. The normalized spacial score (nSPS) is 11.1. The molecule has 3 rings (SSSR count). The van der Waals surface area contributed by atoms with Gasteiger partial charge in [-0.25, -0.2) is 14.2 Å². The SMILES string of the molecule is CN(CCCC(O)O)c1nc2ccc(C(=O)Oc3ccc(C(=N)N)cc3F)cc2s1. The highest BCUT2D eigenvalue weighted by molar-refractivity contribution is 7.22. The smallest absolute Gasteiger partial charge is 0.343 e. The van der Waals surface area contributed by atoms with Crippen molar-refractivity contribution < 1.29 is 24.1 Å². The summed E-state index contributed by atoms with van der Waals surface area (Å²) in [5, 5.41) is 25.9. The lowest BCUT2D eigenvalue weighted by Gasteiger charge is -2.15. The molecular weight excluding hydrogens is 411 g/mol. The van der Waals surface area contributed by atoms with Gasteiger partial charge in [0.2, 0.25) is 0 Å². The van der Waals surface area contributed by atoms with Gasteiger partial charge in [-0.15, -0.1) is 0 Å². The predicted molar refractivity (Wildman–Crippen MR) is 113 cm³/mol. The van der Waals surface area contributed by atoms with Crippen LogP contribution in [0.4, 0.5) is 9.52 Å². The molecule has 0 saturated heterocycles. The van der Waals surface area contributed by atoms with E-state index >= 15 is 0 Å². The number of amidine groups is 1. The molecule has 0 aliphatic carbocycles. The number of nitrogen functional groups attached to an aromatic ring is 1. The molecule has 1 heterocycles. The van der Waals surface area contributed by atoms with E-state index in [1.807, 2.05) is 11.9 Å². The second-order valence-corrected chi connectivity index (χ2v) is 7.68. The van der Waals surface area contributed by atoms with Gasteiger partial charge in [0, 0.05) is 19.2 Å². The third-order valence-electron chi connectivity index (χ3n) is 4.34. The lowest BCUT2D eigenvalue weighted by Crippen LogP contribution is -2.19. The number of hydrogen-bond donors (Lipinski definition) is 4. The number of nitrogens with two attached hydrogens (primary N) is 1. The molecular formula is C20H21FN4O4S. The number of fused-ring (bicyclic) bond motifs is 1. The molecule has 158 valence electrons. The van der Waals surface area contributed by atoms with Crippen molar-refractivity contribution in [3.63, 3.8) is 0 Å². The fraction of sp³-hybridized carbons (Fsp3) is 0.250. The molecule has 0 radical (unpaired) electrons. The molecule has 0 saturated carbocycles. The number of aliphatic hydroxyl groups is 2. The van der Waals surface area contributed by atoms with E-state index < -0.39 is 18.1 Å². The van der Waals surface area contributed by atoms with E-state index in [4.69, 9.17) is 26.1 Å². The molecule has 0 spiro atoms. The van der Waals surface area contributed by atoms with Gasteiger partial charge < -0.3 is 25.6 Å². The van der Waals surface area contributed by atoms with Crippen molar-refractivity contribution in [2.24, 2.45) is 5.73 Å².